The van der Waals surface area contributed by atoms with Crippen molar-refractivity contribution in [3.05, 3.63) is 21.3 Å². The lowest BCUT2D eigenvalue weighted by Gasteiger charge is -2.08. The highest BCUT2D eigenvalue weighted by atomic mass is 35.5. The van der Waals surface area contributed by atoms with E-state index < -0.39 is 6.10 Å². The fourth-order valence-corrected chi connectivity index (χ4v) is 2.53. The van der Waals surface area contributed by atoms with Crippen LogP contribution < -0.4 is 5.32 Å². The molecule has 0 aliphatic heterocycles. The fraction of sp³-hybridized carbons (Fsp3) is 0.545. The first-order valence-corrected chi connectivity index (χ1v) is 6.57. The number of aliphatic hydroxyl groups excluding tert-OH is 1. The Morgan fingerprint density at radius 2 is 2.38 bits per heavy atom. The van der Waals surface area contributed by atoms with Crippen molar-refractivity contribution in [1.82, 2.24) is 5.32 Å². The maximum atomic E-state index is 11.4. The third-order valence-electron chi connectivity index (χ3n) is 2.51. The summed E-state index contributed by atoms with van der Waals surface area (Å²) in [5.41, 5.74) is 0. The summed E-state index contributed by atoms with van der Waals surface area (Å²) in [5, 5.41) is 12.7. The lowest BCUT2D eigenvalue weighted by Crippen LogP contribution is -2.25. The van der Waals surface area contributed by atoms with Crippen LogP contribution in [0.4, 0.5) is 0 Å². The van der Waals surface area contributed by atoms with Crippen LogP contribution in [0.5, 0.6) is 0 Å². The van der Waals surface area contributed by atoms with E-state index in [4.69, 9.17) is 11.6 Å². The van der Waals surface area contributed by atoms with Gasteiger partial charge in [-0.2, -0.15) is 0 Å². The quantitative estimate of drug-likeness (QED) is 0.854. The highest BCUT2D eigenvalue weighted by molar-refractivity contribution is 7.16. The predicted molar refractivity (Wildman–Crippen MR) is 64.7 cm³/mol. The Morgan fingerprint density at radius 3 is 2.94 bits per heavy atom. The van der Waals surface area contributed by atoms with Gasteiger partial charge in [0.05, 0.1) is 10.4 Å². The predicted octanol–water partition coefficient (Wildman–Crippen LogP) is 2.49. The Kier molecular flexibility index (Phi) is 3.84. The second kappa shape index (κ2) is 5.17. The van der Waals surface area contributed by atoms with Crippen LogP contribution in [0.25, 0.3) is 0 Å². The second-order valence-corrected chi connectivity index (χ2v) is 5.78. The lowest BCUT2D eigenvalue weighted by atomic mass is 10.1. The highest BCUT2D eigenvalue weighted by Crippen LogP contribution is 2.29. The van der Waals surface area contributed by atoms with Crippen molar-refractivity contribution in [3.8, 4) is 0 Å². The van der Waals surface area contributed by atoms with Crippen LogP contribution in [-0.2, 0) is 4.79 Å². The molecule has 1 aromatic heterocycles. The number of rotatable bonds is 5. The van der Waals surface area contributed by atoms with Crippen LogP contribution in [0.1, 0.15) is 36.7 Å². The Labute approximate surface area is 103 Å². The molecule has 1 aliphatic rings. The third kappa shape index (κ3) is 3.47. The topological polar surface area (TPSA) is 49.3 Å². The van der Waals surface area contributed by atoms with Gasteiger partial charge >= 0.3 is 0 Å². The zero-order valence-electron chi connectivity index (χ0n) is 8.78. The van der Waals surface area contributed by atoms with Crippen LogP contribution >= 0.6 is 22.9 Å². The van der Waals surface area contributed by atoms with Gasteiger partial charge in [0.1, 0.15) is 0 Å². The molecular formula is C11H14ClNO2S. The van der Waals surface area contributed by atoms with E-state index in [2.05, 4.69) is 5.32 Å². The van der Waals surface area contributed by atoms with E-state index in [0.29, 0.717) is 23.2 Å². The minimum absolute atomic E-state index is 0.0317. The first-order valence-electron chi connectivity index (χ1n) is 5.38. The van der Waals surface area contributed by atoms with Gasteiger partial charge in [0.2, 0.25) is 5.91 Å². The zero-order chi connectivity index (χ0) is 11.5. The maximum absolute atomic E-state index is 11.4. The van der Waals surface area contributed by atoms with Crippen LogP contribution in [0.3, 0.4) is 0 Å². The molecule has 2 rings (SSSR count). The van der Waals surface area contributed by atoms with Crippen molar-refractivity contribution in [2.24, 2.45) is 0 Å². The van der Waals surface area contributed by atoms with E-state index >= 15 is 0 Å². The molecule has 2 N–H and O–H groups in total. The third-order valence-corrected chi connectivity index (χ3v) is 3.84. The summed E-state index contributed by atoms with van der Waals surface area (Å²) in [7, 11) is 0. The molecule has 16 heavy (non-hydrogen) atoms. The van der Waals surface area contributed by atoms with Crippen LogP contribution in [-0.4, -0.2) is 17.1 Å². The number of hydrogen-bond donors (Lipinski definition) is 2. The minimum atomic E-state index is -0.581. The number of aliphatic hydroxyl groups is 1. The van der Waals surface area contributed by atoms with E-state index in [1.165, 1.54) is 11.3 Å². The smallest absolute Gasteiger partial charge is 0.220 e. The maximum Gasteiger partial charge on any atom is 0.220 e. The first kappa shape index (κ1) is 11.9. The summed E-state index contributed by atoms with van der Waals surface area (Å²) in [4.78, 5) is 12.2. The molecule has 1 heterocycles. The number of carbonyl (C=O) groups is 1. The molecule has 0 bridgehead atoms. The Bertz CT molecular complexity index is 376. The van der Waals surface area contributed by atoms with Gasteiger partial charge in [0, 0.05) is 17.3 Å². The van der Waals surface area contributed by atoms with Gasteiger partial charge in [0.15, 0.2) is 0 Å². The largest absolute Gasteiger partial charge is 0.388 e. The average Bonchev–Trinajstić information content (AvgIpc) is 2.95. The van der Waals surface area contributed by atoms with Crippen molar-refractivity contribution in [1.29, 1.82) is 0 Å². The van der Waals surface area contributed by atoms with E-state index in [1.54, 1.807) is 12.1 Å². The zero-order valence-corrected chi connectivity index (χ0v) is 10.4. The molecule has 0 radical (unpaired) electrons. The Hall–Kier alpha value is -0.580. The number of halogens is 1. The standard InChI is InChI=1S/C11H14ClNO2S/c12-10-5-4-9(16-10)8(14)3-6-11(15)13-7-1-2-7/h4-5,7-8,14H,1-3,6H2,(H,13,15). The van der Waals surface area contributed by atoms with E-state index in [0.717, 1.165) is 17.7 Å². The number of amides is 1. The van der Waals surface area contributed by atoms with Crippen LogP contribution in [0.2, 0.25) is 4.34 Å². The van der Waals surface area contributed by atoms with Gasteiger partial charge in [-0.1, -0.05) is 11.6 Å². The number of thiophene rings is 1. The molecule has 88 valence electrons. The summed E-state index contributed by atoms with van der Waals surface area (Å²) >= 11 is 7.13. The number of nitrogens with one attached hydrogen (secondary N) is 1. The lowest BCUT2D eigenvalue weighted by molar-refractivity contribution is -0.121. The fourth-order valence-electron chi connectivity index (χ4n) is 1.44. The monoisotopic (exact) mass is 259 g/mol. The average molecular weight is 260 g/mol. The highest BCUT2D eigenvalue weighted by Gasteiger charge is 2.23. The molecule has 3 nitrogen and oxygen atoms in total. The SMILES string of the molecule is O=C(CCC(O)c1ccc(Cl)s1)NC1CC1. The van der Waals surface area contributed by atoms with Crippen molar-refractivity contribution in [3.63, 3.8) is 0 Å². The molecule has 1 aliphatic carbocycles. The molecule has 0 saturated heterocycles. The van der Waals surface area contributed by atoms with Crippen LogP contribution in [0.15, 0.2) is 12.1 Å². The summed E-state index contributed by atoms with van der Waals surface area (Å²) < 4.78 is 0.663. The van der Waals surface area contributed by atoms with Gasteiger partial charge in [0.25, 0.3) is 0 Å². The van der Waals surface area contributed by atoms with Gasteiger partial charge in [-0.25, -0.2) is 0 Å². The molecule has 0 aromatic carbocycles. The molecule has 1 saturated carbocycles. The molecular weight excluding hydrogens is 246 g/mol. The second-order valence-electron chi connectivity index (χ2n) is 4.04. The summed E-state index contributed by atoms with van der Waals surface area (Å²) in [6.45, 7) is 0. The van der Waals surface area contributed by atoms with Crippen LogP contribution in [0, 0.1) is 0 Å². The van der Waals surface area contributed by atoms with Crippen molar-refractivity contribution >= 4 is 28.8 Å². The molecule has 1 aromatic rings. The molecule has 0 spiro atoms. The Morgan fingerprint density at radius 1 is 1.62 bits per heavy atom. The van der Waals surface area contributed by atoms with E-state index in [-0.39, 0.29) is 5.91 Å². The van der Waals surface area contributed by atoms with Gasteiger partial charge in [-0.05, 0) is 31.4 Å². The molecule has 1 amide bonds. The van der Waals surface area contributed by atoms with Gasteiger partial charge in [-0.3, -0.25) is 4.79 Å². The minimum Gasteiger partial charge on any atom is -0.388 e. The molecule has 1 fully saturated rings. The summed E-state index contributed by atoms with van der Waals surface area (Å²) in [5.74, 6) is 0.0317. The summed E-state index contributed by atoms with van der Waals surface area (Å²) in [6, 6.07) is 3.95. The van der Waals surface area contributed by atoms with Gasteiger partial charge in [-0.15, -0.1) is 11.3 Å². The van der Waals surface area contributed by atoms with Gasteiger partial charge < -0.3 is 10.4 Å². The number of hydrogen-bond acceptors (Lipinski definition) is 3. The molecule has 5 heteroatoms. The first-order chi connectivity index (χ1) is 7.65. The van der Waals surface area contributed by atoms with Crippen molar-refractivity contribution in [2.45, 2.75) is 37.8 Å². The van der Waals surface area contributed by atoms with Crippen molar-refractivity contribution in [2.75, 3.05) is 0 Å². The summed E-state index contributed by atoms with van der Waals surface area (Å²) in [6.07, 6.45) is 2.43. The van der Waals surface area contributed by atoms with E-state index in [1.807, 2.05) is 0 Å². The Balaban J connectivity index is 1.74. The molecule has 1 unspecified atom stereocenters. The molecule has 1 atom stereocenters. The van der Waals surface area contributed by atoms with Crippen molar-refractivity contribution < 1.29 is 9.90 Å². The normalized spacial score (nSPS) is 17.1. The number of carbonyl (C=O) groups excluding carboxylic acids is 1. The van der Waals surface area contributed by atoms with E-state index in [9.17, 15) is 9.90 Å².